The van der Waals surface area contributed by atoms with Gasteiger partial charge in [0.15, 0.2) is 0 Å². The summed E-state index contributed by atoms with van der Waals surface area (Å²) >= 11 is 0. The highest BCUT2D eigenvalue weighted by molar-refractivity contribution is 6.14. The van der Waals surface area contributed by atoms with Crippen LogP contribution >= 0.6 is 0 Å². The highest BCUT2D eigenvalue weighted by Gasteiger charge is 2.47. The normalized spacial score (nSPS) is 30.4. The standard InChI is InChI=1S/C25H36N4O6.CH4/c1-26-23(32)20(27(24(26)33)13-18-14-35-15-18)10-16-6-8-19(9-7-16)29-22(31)11-21(30)28(25(29)34)12-17-4-2-3-5-17;/h16-20H,2-15H2,1H3;1H4. The average molecular weight is 505 g/mol. The SMILES string of the molecule is C.CN1C(=O)C(CC2CCC(N3C(=O)CC(=O)N(CC4CCCC4)C3=O)CC2)N(CC2COC2)C1=O. The van der Waals surface area contributed by atoms with E-state index in [9.17, 15) is 24.0 Å². The van der Waals surface area contributed by atoms with Crippen LogP contribution in [0.25, 0.3) is 0 Å². The molecular formula is C26H40N4O6. The summed E-state index contributed by atoms with van der Waals surface area (Å²) in [5, 5.41) is 0. The van der Waals surface area contributed by atoms with Crippen molar-refractivity contribution in [3.8, 4) is 0 Å². The minimum atomic E-state index is -0.451. The molecule has 3 aliphatic heterocycles. The lowest BCUT2D eigenvalue weighted by molar-refractivity contribution is -0.144. The van der Waals surface area contributed by atoms with E-state index in [1.54, 1.807) is 4.90 Å². The molecule has 200 valence electrons. The van der Waals surface area contributed by atoms with Crippen LogP contribution in [-0.2, 0) is 19.1 Å². The molecule has 0 aromatic rings. The number of nitrogens with zero attached hydrogens (tertiary/aromatic N) is 4. The van der Waals surface area contributed by atoms with Gasteiger partial charge < -0.3 is 9.64 Å². The van der Waals surface area contributed by atoms with Crippen LogP contribution in [0.2, 0.25) is 0 Å². The van der Waals surface area contributed by atoms with Crippen LogP contribution in [-0.4, -0.2) is 94.8 Å². The maximum Gasteiger partial charge on any atom is 0.333 e. The Morgan fingerprint density at radius 1 is 0.778 bits per heavy atom. The molecule has 36 heavy (non-hydrogen) atoms. The fraction of sp³-hybridized carbons (Fsp3) is 0.808. The minimum Gasteiger partial charge on any atom is -0.381 e. The number of urea groups is 2. The summed E-state index contributed by atoms with van der Waals surface area (Å²) in [6, 6.07) is -1.35. The summed E-state index contributed by atoms with van der Waals surface area (Å²) in [6.45, 7) is 2.20. The van der Waals surface area contributed by atoms with E-state index in [2.05, 4.69) is 0 Å². The number of carbonyl (C=O) groups excluding carboxylic acids is 5. The second-order valence-electron chi connectivity index (χ2n) is 11.0. The molecule has 3 heterocycles. The van der Waals surface area contributed by atoms with E-state index in [-0.39, 0.29) is 49.6 Å². The number of hydrogen-bond acceptors (Lipinski definition) is 6. The molecule has 2 aliphatic carbocycles. The smallest absolute Gasteiger partial charge is 0.333 e. The molecule has 10 heteroatoms. The molecule has 7 amide bonds. The van der Waals surface area contributed by atoms with Gasteiger partial charge in [-0.25, -0.2) is 9.59 Å². The summed E-state index contributed by atoms with van der Waals surface area (Å²) in [5.41, 5.74) is 0. The van der Waals surface area contributed by atoms with Crippen molar-refractivity contribution in [2.45, 2.75) is 83.7 Å². The number of barbiturate groups is 1. The Morgan fingerprint density at radius 3 is 2.06 bits per heavy atom. The molecule has 0 bridgehead atoms. The maximum absolute atomic E-state index is 13.2. The molecule has 5 rings (SSSR count). The van der Waals surface area contributed by atoms with E-state index in [1.807, 2.05) is 0 Å². The first-order chi connectivity index (χ1) is 16.8. The molecule has 10 nitrogen and oxygen atoms in total. The van der Waals surface area contributed by atoms with E-state index >= 15 is 0 Å². The van der Waals surface area contributed by atoms with Gasteiger partial charge in [0.2, 0.25) is 11.8 Å². The zero-order chi connectivity index (χ0) is 24.7. The summed E-state index contributed by atoms with van der Waals surface area (Å²) in [6.07, 6.45) is 7.56. The van der Waals surface area contributed by atoms with Gasteiger partial charge in [-0.05, 0) is 56.8 Å². The van der Waals surface area contributed by atoms with Crippen molar-refractivity contribution >= 4 is 29.8 Å². The Morgan fingerprint density at radius 2 is 1.44 bits per heavy atom. The Labute approximate surface area is 213 Å². The van der Waals surface area contributed by atoms with Crippen LogP contribution in [0.4, 0.5) is 9.59 Å². The first-order valence-electron chi connectivity index (χ1n) is 13.2. The minimum absolute atomic E-state index is 0. The average Bonchev–Trinajstić information content (AvgIpc) is 3.39. The van der Waals surface area contributed by atoms with Gasteiger partial charge in [-0.1, -0.05) is 20.3 Å². The van der Waals surface area contributed by atoms with Gasteiger partial charge in [0.05, 0.1) is 13.2 Å². The molecule has 0 aromatic heterocycles. The van der Waals surface area contributed by atoms with E-state index in [0.29, 0.717) is 51.5 Å². The van der Waals surface area contributed by atoms with Crippen molar-refractivity contribution < 1.29 is 28.7 Å². The van der Waals surface area contributed by atoms with Crippen molar-refractivity contribution in [3.63, 3.8) is 0 Å². The van der Waals surface area contributed by atoms with Crippen LogP contribution in [0.3, 0.4) is 0 Å². The van der Waals surface area contributed by atoms with Gasteiger partial charge in [-0.15, -0.1) is 0 Å². The first-order valence-corrected chi connectivity index (χ1v) is 13.2. The molecule has 0 spiro atoms. The second-order valence-corrected chi connectivity index (χ2v) is 11.0. The summed E-state index contributed by atoms with van der Waals surface area (Å²) in [7, 11) is 1.54. The summed E-state index contributed by atoms with van der Waals surface area (Å²) in [4.78, 5) is 69.4. The van der Waals surface area contributed by atoms with Crippen molar-refractivity contribution in [2.24, 2.45) is 17.8 Å². The predicted molar refractivity (Wildman–Crippen MR) is 131 cm³/mol. The quantitative estimate of drug-likeness (QED) is 0.390. The van der Waals surface area contributed by atoms with Gasteiger partial charge >= 0.3 is 12.1 Å². The van der Waals surface area contributed by atoms with Gasteiger partial charge in [0.1, 0.15) is 12.5 Å². The fourth-order valence-corrected chi connectivity index (χ4v) is 6.48. The third kappa shape index (κ3) is 5.01. The Kier molecular flexibility index (Phi) is 8.02. The van der Waals surface area contributed by atoms with Crippen LogP contribution in [0.15, 0.2) is 0 Å². The third-order valence-electron chi connectivity index (χ3n) is 8.65. The number of carbonyl (C=O) groups is 5. The van der Waals surface area contributed by atoms with E-state index in [4.69, 9.17) is 4.74 Å². The van der Waals surface area contributed by atoms with Gasteiger partial charge in [-0.2, -0.15) is 0 Å². The Balaban J connectivity index is 0.00000304. The number of ether oxygens (including phenoxy) is 1. The van der Waals surface area contributed by atoms with E-state index in [1.165, 1.54) is 21.7 Å². The van der Waals surface area contributed by atoms with E-state index < -0.39 is 18.0 Å². The molecule has 1 atom stereocenters. The van der Waals surface area contributed by atoms with E-state index in [0.717, 1.165) is 38.5 Å². The third-order valence-corrected chi connectivity index (χ3v) is 8.65. The monoisotopic (exact) mass is 504 g/mol. The van der Waals surface area contributed by atoms with Crippen LogP contribution in [0.1, 0.15) is 71.6 Å². The zero-order valence-corrected chi connectivity index (χ0v) is 20.5. The lowest BCUT2D eigenvalue weighted by Gasteiger charge is -2.41. The fourth-order valence-electron chi connectivity index (χ4n) is 6.48. The molecule has 5 aliphatic rings. The van der Waals surface area contributed by atoms with Crippen molar-refractivity contribution in [1.29, 1.82) is 0 Å². The zero-order valence-electron chi connectivity index (χ0n) is 20.5. The molecule has 0 N–H and O–H groups in total. The maximum atomic E-state index is 13.2. The number of likely N-dealkylation sites (N-methyl/N-ethyl adjacent to an activating group) is 1. The highest BCUT2D eigenvalue weighted by atomic mass is 16.5. The molecule has 2 saturated carbocycles. The van der Waals surface area contributed by atoms with Crippen molar-refractivity contribution in [2.75, 3.05) is 33.4 Å². The van der Waals surface area contributed by atoms with Crippen molar-refractivity contribution in [1.82, 2.24) is 19.6 Å². The number of imide groups is 3. The topological polar surface area (TPSA) is 108 Å². The molecule has 1 unspecified atom stereocenters. The van der Waals surface area contributed by atoms with Crippen molar-refractivity contribution in [3.05, 3.63) is 0 Å². The molecular weight excluding hydrogens is 464 g/mol. The van der Waals surface area contributed by atoms with Crippen LogP contribution in [0, 0.1) is 17.8 Å². The second kappa shape index (κ2) is 10.9. The van der Waals surface area contributed by atoms with Gasteiger partial charge in [-0.3, -0.25) is 29.1 Å². The number of hydrogen-bond donors (Lipinski definition) is 0. The van der Waals surface area contributed by atoms with Crippen LogP contribution < -0.4 is 0 Å². The summed E-state index contributed by atoms with van der Waals surface area (Å²) in [5.74, 6) is -0.0540. The molecule has 0 radical (unpaired) electrons. The Hall–Kier alpha value is -2.49. The molecule has 3 saturated heterocycles. The number of rotatable bonds is 7. The molecule has 5 fully saturated rings. The molecule has 0 aromatic carbocycles. The Bertz CT molecular complexity index is 891. The predicted octanol–water partition coefficient (Wildman–Crippen LogP) is 2.85. The van der Waals surface area contributed by atoms with Gasteiger partial charge in [0.25, 0.3) is 5.91 Å². The van der Waals surface area contributed by atoms with Crippen LogP contribution in [0.5, 0.6) is 0 Å². The first kappa shape index (κ1) is 26.6. The number of amides is 7. The summed E-state index contributed by atoms with van der Waals surface area (Å²) < 4.78 is 5.24. The lowest BCUT2D eigenvalue weighted by atomic mass is 9.81. The van der Waals surface area contributed by atoms with Gasteiger partial charge in [0, 0.05) is 32.1 Å². The lowest BCUT2D eigenvalue weighted by Crippen LogP contribution is -2.59. The highest BCUT2D eigenvalue weighted by Crippen LogP contribution is 2.36. The largest absolute Gasteiger partial charge is 0.381 e.